The molecule has 102 valence electrons. The Morgan fingerprint density at radius 2 is 2.28 bits per heavy atom. The van der Waals surface area contributed by atoms with Gasteiger partial charge in [-0.25, -0.2) is 0 Å². The molecule has 0 radical (unpaired) electrons. The highest BCUT2D eigenvalue weighted by Gasteiger charge is 2.44. The summed E-state index contributed by atoms with van der Waals surface area (Å²) >= 11 is 5.91. The fourth-order valence-corrected chi connectivity index (χ4v) is 2.09. The Kier molecular flexibility index (Phi) is 2.61. The summed E-state index contributed by atoms with van der Waals surface area (Å²) in [5.41, 5.74) is -1.95. The van der Waals surface area contributed by atoms with Gasteiger partial charge in [-0.05, 0) is 32.8 Å². The molecule has 0 aliphatic carbocycles. The standard InChI is InChI=1S/C13H18ClNO2.ClH/c1-9-13(16,17-8-12(2,3)15-9)10-5-4-6-11(14)7-10;/h4-7,9,15-16H,8H2,1-3H3;1H/i2D3,3D3;. The number of hydrogen-bond acceptors (Lipinski definition) is 3. The number of halogens is 2. The van der Waals surface area contributed by atoms with E-state index in [1.54, 1.807) is 18.2 Å². The molecular weight excluding hydrogens is 273 g/mol. The first-order valence-electron chi connectivity index (χ1n) is 8.24. The average Bonchev–Trinajstić information content (AvgIpc) is 2.39. The van der Waals surface area contributed by atoms with Gasteiger partial charge in [-0.15, -0.1) is 12.4 Å². The summed E-state index contributed by atoms with van der Waals surface area (Å²) < 4.78 is 51.1. The number of morpholine rings is 1. The van der Waals surface area contributed by atoms with Crippen LogP contribution in [0.25, 0.3) is 0 Å². The predicted molar refractivity (Wildman–Crippen MR) is 75.2 cm³/mol. The smallest absolute Gasteiger partial charge is 0.208 e. The normalized spacial score (nSPS) is 36.9. The molecule has 1 fully saturated rings. The summed E-state index contributed by atoms with van der Waals surface area (Å²) in [4.78, 5) is 0. The van der Waals surface area contributed by atoms with Crippen molar-refractivity contribution in [2.75, 3.05) is 6.61 Å². The molecule has 1 aromatic rings. The van der Waals surface area contributed by atoms with Crippen LogP contribution in [-0.2, 0) is 10.5 Å². The second-order valence-electron chi connectivity index (χ2n) is 4.27. The third kappa shape index (κ3) is 2.98. The Labute approximate surface area is 127 Å². The van der Waals surface area contributed by atoms with E-state index >= 15 is 0 Å². The quantitative estimate of drug-likeness (QED) is 0.837. The van der Waals surface area contributed by atoms with Crippen LogP contribution >= 0.6 is 24.0 Å². The van der Waals surface area contributed by atoms with Crippen LogP contribution in [0, 0.1) is 0 Å². The second kappa shape index (κ2) is 5.35. The van der Waals surface area contributed by atoms with Crippen LogP contribution in [0.15, 0.2) is 24.3 Å². The third-order valence-corrected chi connectivity index (χ3v) is 3.03. The highest BCUT2D eigenvalue weighted by molar-refractivity contribution is 6.30. The Morgan fingerprint density at radius 1 is 1.56 bits per heavy atom. The molecule has 1 heterocycles. The molecule has 1 aliphatic heterocycles. The zero-order valence-electron chi connectivity index (χ0n) is 15.7. The number of aliphatic hydroxyl groups is 1. The molecule has 1 saturated heterocycles. The van der Waals surface area contributed by atoms with Gasteiger partial charge in [-0.3, -0.25) is 0 Å². The molecule has 0 spiro atoms. The van der Waals surface area contributed by atoms with E-state index in [-0.39, 0.29) is 12.4 Å². The lowest BCUT2D eigenvalue weighted by Crippen LogP contribution is -2.63. The zero-order valence-corrected chi connectivity index (χ0v) is 11.3. The summed E-state index contributed by atoms with van der Waals surface area (Å²) in [6.45, 7) is -4.93. The van der Waals surface area contributed by atoms with Crippen molar-refractivity contribution in [1.29, 1.82) is 0 Å². The van der Waals surface area contributed by atoms with E-state index in [2.05, 4.69) is 5.32 Å². The fourth-order valence-electron chi connectivity index (χ4n) is 1.90. The van der Waals surface area contributed by atoms with E-state index < -0.39 is 37.7 Å². The molecule has 2 atom stereocenters. The van der Waals surface area contributed by atoms with E-state index in [0.717, 1.165) is 0 Å². The molecule has 0 amide bonds. The van der Waals surface area contributed by atoms with Gasteiger partial charge in [-0.2, -0.15) is 0 Å². The maximum Gasteiger partial charge on any atom is 0.208 e. The lowest BCUT2D eigenvalue weighted by Gasteiger charge is -2.46. The average molecular weight is 298 g/mol. The molecule has 2 rings (SSSR count). The van der Waals surface area contributed by atoms with Crippen LogP contribution in [0.2, 0.25) is 5.02 Å². The first kappa shape index (κ1) is 8.77. The Morgan fingerprint density at radius 3 is 2.83 bits per heavy atom. The van der Waals surface area contributed by atoms with Crippen LogP contribution in [0.5, 0.6) is 0 Å². The third-order valence-electron chi connectivity index (χ3n) is 2.80. The number of ether oxygens (including phenoxy) is 1. The van der Waals surface area contributed by atoms with Gasteiger partial charge in [0.1, 0.15) is 0 Å². The molecule has 0 aromatic heterocycles. The van der Waals surface area contributed by atoms with Crippen LogP contribution in [0.4, 0.5) is 0 Å². The van der Waals surface area contributed by atoms with Gasteiger partial charge in [0.25, 0.3) is 0 Å². The lowest BCUT2D eigenvalue weighted by molar-refractivity contribution is -0.263. The summed E-state index contributed by atoms with van der Waals surface area (Å²) in [5.74, 6) is -1.88. The topological polar surface area (TPSA) is 41.5 Å². The molecule has 0 bridgehead atoms. The van der Waals surface area contributed by atoms with Crippen LogP contribution < -0.4 is 5.32 Å². The molecule has 3 nitrogen and oxygen atoms in total. The van der Waals surface area contributed by atoms with Gasteiger partial charge in [0.15, 0.2) is 0 Å². The number of benzene rings is 1. The van der Waals surface area contributed by atoms with Crippen molar-refractivity contribution < 1.29 is 18.1 Å². The van der Waals surface area contributed by atoms with Crippen LogP contribution in [0.3, 0.4) is 0 Å². The van der Waals surface area contributed by atoms with Crippen LogP contribution in [0.1, 0.15) is 34.4 Å². The molecule has 1 aromatic carbocycles. The van der Waals surface area contributed by atoms with Crippen molar-refractivity contribution in [2.45, 2.75) is 38.0 Å². The van der Waals surface area contributed by atoms with E-state index in [9.17, 15) is 5.11 Å². The number of rotatable bonds is 1. The van der Waals surface area contributed by atoms with Gasteiger partial charge in [0, 0.05) is 24.3 Å². The van der Waals surface area contributed by atoms with E-state index in [4.69, 9.17) is 24.6 Å². The van der Waals surface area contributed by atoms with Gasteiger partial charge in [-0.1, -0.05) is 23.7 Å². The summed E-state index contributed by atoms with van der Waals surface area (Å²) in [6, 6.07) is 5.29. The van der Waals surface area contributed by atoms with Crippen LogP contribution in [-0.4, -0.2) is 23.3 Å². The molecule has 0 saturated carbocycles. The monoisotopic (exact) mass is 297 g/mol. The number of nitrogens with one attached hydrogen (secondary N) is 1. The SMILES string of the molecule is Cl.[2H]C([2H])([2H])C1(C([2H])([2H])[2H])COC(O)(c2cccc(Cl)c2)C(C)N1. The maximum atomic E-state index is 10.8. The Hall–Kier alpha value is -0.320. The van der Waals surface area contributed by atoms with Gasteiger partial charge in [0.05, 0.1) is 12.6 Å². The van der Waals surface area contributed by atoms with E-state index in [0.29, 0.717) is 10.6 Å². The van der Waals surface area contributed by atoms with Crippen molar-refractivity contribution in [3.63, 3.8) is 0 Å². The summed E-state index contributed by atoms with van der Waals surface area (Å²) in [7, 11) is 0. The van der Waals surface area contributed by atoms with Gasteiger partial charge < -0.3 is 15.2 Å². The van der Waals surface area contributed by atoms with Gasteiger partial charge in [0.2, 0.25) is 5.79 Å². The molecule has 2 unspecified atom stereocenters. The van der Waals surface area contributed by atoms with Crippen molar-refractivity contribution in [1.82, 2.24) is 5.32 Å². The Balaban J connectivity index is 0.00000288. The first-order valence-corrected chi connectivity index (χ1v) is 5.61. The lowest BCUT2D eigenvalue weighted by atomic mass is 9.93. The Bertz CT molecular complexity index is 581. The highest BCUT2D eigenvalue weighted by atomic mass is 35.5. The van der Waals surface area contributed by atoms with Gasteiger partial charge >= 0.3 is 0 Å². The summed E-state index contributed by atoms with van der Waals surface area (Å²) in [6.07, 6.45) is 0. The van der Waals surface area contributed by atoms with Crippen molar-refractivity contribution in [2.24, 2.45) is 0 Å². The number of hydrogen-bond donors (Lipinski definition) is 2. The van der Waals surface area contributed by atoms with E-state index in [1.165, 1.54) is 13.0 Å². The zero-order chi connectivity index (χ0) is 17.7. The molecule has 1 aliphatic rings. The first-order chi connectivity index (χ1) is 10.3. The van der Waals surface area contributed by atoms with Crippen molar-refractivity contribution in [3.05, 3.63) is 34.9 Å². The highest BCUT2D eigenvalue weighted by Crippen LogP contribution is 2.33. The second-order valence-corrected chi connectivity index (χ2v) is 4.70. The van der Waals surface area contributed by atoms with Crippen molar-refractivity contribution >= 4 is 24.0 Å². The van der Waals surface area contributed by atoms with E-state index in [1.807, 2.05) is 0 Å². The molecular formula is C13H19Cl2NO2. The minimum absolute atomic E-state index is 0. The predicted octanol–water partition coefficient (Wildman–Crippen LogP) is 2.69. The minimum atomic E-state index is -2.85. The summed E-state index contributed by atoms with van der Waals surface area (Å²) in [5, 5.41) is 13.7. The molecule has 2 N–H and O–H groups in total. The maximum absolute atomic E-state index is 10.8. The van der Waals surface area contributed by atoms with Crippen molar-refractivity contribution in [3.8, 4) is 0 Å². The fraction of sp³-hybridized carbons (Fsp3) is 0.538. The minimum Gasteiger partial charge on any atom is -0.361 e. The largest absolute Gasteiger partial charge is 0.361 e. The molecule has 5 heteroatoms. The molecule has 18 heavy (non-hydrogen) atoms.